The van der Waals surface area contributed by atoms with Crippen LogP contribution >= 0.6 is 11.3 Å². The Kier molecular flexibility index (Phi) is 4.75. The largest absolute Gasteiger partial charge is 0.459 e. The zero-order chi connectivity index (χ0) is 15.5. The number of rotatable bonds is 5. The lowest BCUT2D eigenvalue weighted by atomic mass is 10.2. The smallest absolute Gasteiger partial charge is 0.350 e. The second kappa shape index (κ2) is 6.76. The first-order valence-electron chi connectivity index (χ1n) is 7.55. The van der Waals surface area contributed by atoms with Gasteiger partial charge >= 0.3 is 5.97 Å². The van der Waals surface area contributed by atoms with Crippen LogP contribution in [0.4, 0.5) is 0 Å². The lowest BCUT2D eigenvalue weighted by Crippen LogP contribution is -2.45. The van der Waals surface area contributed by atoms with Gasteiger partial charge in [-0.15, -0.1) is 0 Å². The molecule has 1 saturated heterocycles. The molecule has 22 heavy (non-hydrogen) atoms. The fraction of sp³-hybridized carbons (Fsp3) is 0.600. The van der Waals surface area contributed by atoms with Crippen LogP contribution in [0, 0.1) is 5.92 Å². The van der Waals surface area contributed by atoms with E-state index in [2.05, 4.69) is 23.7 Å². The third kappa shape index (κ3) is 3.66. The van der Waals surface area contributed by atoms with Crippen molar-refractivity contribution in [1.29, 1.82) is 0 Å². The summed E-state index contributed by atoms with van der Waals surface area (Å²) in [5.41, 5.74) is 0. The number of imidazole rings is 1. The zero-order valence-corrected chi connectivity index (χ0v) is 13.7. The van der Waals surface area contributed by atoms with Crippen molar-refractivity contribution < 1.29 is 14.3 Å². The van der Waals surface area contributed by atoms with Crippen LogP contribution in [-0.2, 0) is 9.47 Å². The molecule has 3 rings (SSSR count). The van der Waals surface area contributed by atoms with Crippen molar-refractivity contribution in [2.45, 2.75) is 20.0 Å². The normalized spacial score (nSPS) is 19.9. The van der Waals surface area contributed by atoms with Crippen LogP contribution in [0.3, 0.4) is 0 Å². The molecule has 1 aliphatic heterocycles. The summed E-state index contributed by atoms with van der Waals surface area (Å²) in [7, 11) is 0. The highest BCUT2D eigenvalue weighted by Gasteiger charge is 2.23. The summed E-state index contributed by atoms with van der Waals surface area (Å²) in [6.45, 7) is 8.23. The van der Waals surface area contributed by atoms with Crippen molar-refractivity contribution in [3.63, 3.8) is 0 Å². The second-order valence-electron chi connectivity index (χ2n) is 5.96. The predicted molar refractivity (Wildman–Crippen MR) is 84.4 cm³/mol. The maximum absolute atomic E-state index is 12.1. The van der Waals surface area contributed by atoms with Gasteiger partial charge in [0.05, 0.1) is 6.61 Å². The molecule has 0 aromatic carbocycles. The number of fused-ring (bicyclic) bond motifs is 1. The lowest BCUT2D eigenvalue weighted by molar-refractivity contribution is -0.0611. The molecule has 1 aliphatic rings. The van der Waals surface area contributed by atoms with E-state index in [9.17, 15) is 4.79 Å². The highest BCUT2D eigenvalue weighted by molar-refractivity contribution is 7.18. The maximum Gasteiger partial charge on any atom is 0.350 e. The summed E-state index contributed by atoms with van der Waals surface area (Å²) in [5, 5.41) is 0. The van der Waals surface area contributed by atoms with Gasteiger partial charge in [0.25, 0.3) is 0 Å². The minimum Gasteiger partial charge on any atom is -0.459 e. The summed E-state index contributed by atoms with van der Waals surface area (Å²) in [5.74, 6) is 0.323. The van der Waals surface area contributed by atoms with Gasteiger partial charge in [0, 0.05) is 38.2 Å². The predicted octanol–water partition coefficient (Wildman–Crippen LogP) is 1.91. The molecule has 2 aromatic heterocycles. The topological polar surface area (TPSA) is 56.1 Å². The van der Waals surface area contributed by atoms with E-state index < -0.39 is 0 Å². The van der Waals surface area contributed by atoms with Crippen molar-refractivity contribution in [3.05, 3.63) is 23.5 Å². The number of thiazole rings is 1. The minimum atomic E-state index is -0.305. The van der Waals surface area contributed by atoms with E-state index in [0.717, 1.165) is 24.6 Å². The minimum absolute atomic E-state index is 0.0412. The van der Waals surface area contributed by atoms with Crippen LogP contribution in [-0.4, -0.2) is 59.2 Å². The summed E-state index contributed by atoms with van der Waals surface area (Å²) in [6, 6.07) is 0. The SMILES string of the molecule is CC(C)CN1CCOC(COC(=O)c2cn3ccnc3s2)C1. The van der Waals surface area contributed by atoms with Crippen molar-refractivity contribution >= 4 is 22.3 Å². The Labute approximate surface area is 133 Å². The van der Waals surface area contributed by atoms with Gasteiger partial charge in [0.1, 0.15) is 17.6 Å². The molecule has 1 unspecified atom stereocenters. The quantitative estimate of drug-likeness (QED) is 0.787. The zero-order valence-electron chi connectivity index (χ0n) is 12.9. The molecule has 0 bridgehead atoms. The third-order valence-corrected chi connectivity index (χ3v) is 4.53. The molecule has 6 nitrogen and oxygen atoms in total. The number of hydrogen-bond donors (Lipinski definition) is 0. The maximum atomic E-state index is 12.1. The number of carbonyl (C=O) groups excluding carboxylic acids is 1. The van der Waals surface area contributed by atoms with Gasteiger partial charge in [-0.1, -0.05) is 25.2 Å². The molecule has 0 spiro atoms. The summed E-state index contributed by atoms with van der Waals surface area (Å²) in [6.07, 6.45) is 5.24. The Balaban J connectivity index is 1.51. The van der Waals surface area contributed by atoms with Gasteiger partial charge in [0.15, 0.2) is 4.96 Å². The Bertz CT molecular complexity index is 608. The molecule has 7 heteroatoms. The highest BCUT2D eigenvalue weighted by Crippen LogP contribution is 2.17. The average molecular weight is 323 g/mol. The van der Waals surface area contributed by atoms with Gasteiger partial charge in [-0.25, -0.2) is 9.78 Å². The molecule has 0 amide bonds. The fourth-order valence-corrected chi connectivity index (χ4v) is 3.46. The molecule has 0 aliphatic carbocycles. The third-order valence-electron chi connectivity index (χ3n) is 3.54. The van der Waals surface area contributed by atoms with E-state index in [4.69, 9.17) is 9.47 Å². The first kappa shape index (κ1) is 15.5. The number of aromatic nitrogens is 2. The number of carbonyl (C=O) groups is 1. The van der Waals surface area contributed by atoms with Crippen LogP contribution in [0.2, 0.25) is 0 Å². The molecule has 1 atom stereocenters. The van der Waals surface area contributed by atoms with E-state index in [-0.39, 0.29) is 12.1 Å². The Morgan fingerprint density at radius 3 is 3.23 bits per heavy atom. The second-order valence-corrected chi connectivity index (χ2v) is 6.97. The van der Waals surface area contributed by atoms with Crippen molar-refractivity contribution in [2.75, 3.05) is 32.8 Å². The van der Waals surface area contributed by atoms with Crippen LogP contribution in [0.1, 0.15) is 23.5 Å². The molecule has 2 aromatic rings. The number of ether oxygens (including phenoxy) is 2. The van der Waals surface area contributed by atoms with E-state index in [0.29, 0.717) is 24.0 Å². The van der Waals surface area contributed by atoms with E-state index in [1.54, 1.807) is 12.4 Å². The van der Waals surface area contributed by atoms with Crippen LogP contribution in [0.5, 0.6) is 0 Å². The van der Waals surface area contributed by atoms with E-state index in [1.807, 2.05) is 10.6 Å². The first-order chi connectivity index (χ1) is 10.6. The molecule has 0 radical (unpaired) electrons. The summed E-state index contributed by atoms with van der Waals surface area (Å²) in [4.78, 5) is 20.0. The Morgan fingerprint density at radius 1 is 1.59 bits per heavy atom. The molecule has 0 saturated carbocycles. The Hall–Kier alpha value is -1.44. The van der Waals surface area contributed by atoms with E-state index in [1.165, 1.54) is 11.3 Å². The Morgan fingerprint density at radius 2 is 2.45 bits per heavy atom. The summed E-state index contributed by atoms with van der Waals surface area (Å²) < 4.78 is 12.9. The number of esters is 1. The van der Waals surface area contributed by atoms with Gasteiger partial charge in [0.2, 0.25) is 0 Å². The highest BCUT2D eigenvalue weighted by atomic mass is 32.1. The number of hydrogen-bond acceptors (Lipinski definition) is 6. The van der Waals surface area contributed by atoms with Crippen molar-refractivity contribution in [1.82, 2.24) is 14.3 Å². The van der Waals surface area contributed by atoms with Crippen LogP contribution in [0.15, 0.2) is 18.6 Å². The molecular formula is C15H21N3O3S. The van der Waals surface area contributed by atoms with Gasteiger partial charge in [-0.05, 0) is 5.92 Å². The van der Waals surface area contributed by atoms with Gasteiger partial charge < -0.3 is 9.47 Å². The molecule has 1 fully saturated rings. The molecule has 3 heterocycles. The molecule has 120 valence electrons. The standard InChI is InChI=1S/C15H21N3O3S/c1-11(2)7-17-5-6-20-12(8-17)10-21-14(19)13-9-18-4-3-16-15(18)22-13/h3-4,9,11-12H,5-8,10H2,1-2H3. The first-order valence-corrected chi connectivity index (χ1v) is 8.37. The summed E-state index contributed by atoms with van der Waals surface area (Å²) >= 11 is 1.33. The van der Waals surface area contributed by atoms with Crippen LogP contribution in [0.25, 0.3) is 4.96 Å². The fourth-order valence-electron chi connectivity index (χ4n) is 2.63. The monoisotopic (exact) mass is 323 g/mol. The number of nitrogens with zero attached hydrogens (tertiary/aromatic N) is 3. The van der Waals surface area contributed by atoms with Crippen LogP contribution < -0.4 is 0 Å². The van der Waals surface area contributed by atoms with Crippen molar-refractivity contribution in [3.8, 4) is 0 Å². The lowest BCUT2D eigenvalue weighted by Gasteiger charge is -2.33. The van der Waals surface area contributed by atoms with Gasteiger partial charge in [-0.2, -0.15) is 0 Å². The van der Waals surface area contributed by atoms with Crippen molar-refractivity contribution in [2.24, 2.45) is 5.92 Å². The molecule has 0 N–H and O–H groups in total. The molecular weight excluding hydrogens is 302 g/mol. The van der Waals surface area contributed by atoms with E-state index >= 15 is 0 Å². The average Bonchev–Trinajstić information content (AvgIpc) is 3.05. The van der Waals surface area contributed by atoms with Gasteiger partial charge in [-0.3, -0.25) is 9.30 Å². The number of morpholine rings is 1.